The topological polar surface area (TPSA) is 62.6 Å². The number of hydrogen-bond donors (Lipinski definition) is 1. The molecule has 0 spiro atoms. The average molecular weight is 290 g/mol. The molecule has 1 N–H and O–H groups in total. The molecule has 114 valence electrons. The first-order chi connectivity index (χ1) is 10.2. The third-order valence-corrected chi connectivity index (χ3v) is 4.62. The standard InChI is InChI=1S/C16H22N2O3/c19-15(17-14-3-1-2-4-14)12-5-8-18(9-6-12)16(20)13-7-10-21-11-13/h7,10-12,14H,1-6,8-9H2,(H,17,19). The summed E-state index contributed by atoms with van der Waals surface area (Å²) in [7, 11) is 0. The van der Waals surface area contributed by atoms with Gasteiger partial charge in [-0.2, -0.15) is 0 Å². The zero-order chi connectivity index (χ0) is 14.7. The van der Waals surface area contributed by atoms with Gasteiger partial charge in [0.1, 0.15) is 6.26 Å². The van der Waals surface area contributed by atoms with E-state index in [0.717, 1.165) is 25.7 Å². The average Bonchev–Trinajstić information content (AvgIpc) is 3.20. The molecule has 21 heavy (non-hydrogen) atoms. The van der Waals surface area contributed by atoms with Gasteiger partial charge in [0.05, 0.1) is 11.8 Å². The maximum atomic E-state index is 12.2. The summed E-state index contributed by atoms with van der Waals surface area (Å²) in [5.41, 5.74) is 0.587. The van der Waals surface area contributed by atoms with Gasteiger partial charge in [-0.3, -0.25) is 9.59 Å². The van der Waals surface area contributed by atoms with Gasteiger partial charge < -0.3 is 14.6 Å². The Kier molecular flexibility index (Phi) is 4.27. The Morgan fingerprint density at radius 3 is 2.48 bits per heavy atom. The van der Waals surface area contributed by atoms with Crippen molar-refractivity contribution in [2.24, 2.45) is 5.92 Å². The maximum Gasteiger partial charge on any atom is 0.257 e. The molecule has 0 aromatic carbocycles. The van der Waals surface area contributed by atoms with Crippen molar-refractivity contribution in [3.8, 4) is 0 Å². The summed E-state index contributed by atoms with van der Waals surface area (Å²) in [4.78, 5) is 26.2. The number of piperidine rings is 1. The van der Waals surface area contributed by atoms with Crippen LogP contribution < -0.4 is 5.32 Å². The van der Waals surface area contributed by atoms with Gasteiger partial charge in [0.25, 0.3) is 5.91 Å². The highest BCUT2D eigenvalue weighted by atomic mass is 16.3. The van der Waals surface area contributed by atoms with Crippen LogP contribution in [0, 0.1) is 5.92 Å². The Hall–Kier alpha value is -1.78. The van der Waals surface area contributed by atoms with Gasteiger partial charge in [-0.25, -0.2) is 0 Å². The van der Waals surface area contributed by atoms with Gasteiger partial charge in [-0.1, -0.05) is 12.8 Å². The maximum absolute atomic E-state index is 12.2. The molecule has 0 unspecified atom stereocenters. The van der Waals surface area contributed by atoms with Crippen molar-refractivity contribution in [3.63, 3.8) is 0 Å². The molecule has 2 fully saturated rings. The van der Waals surface area contributed by atoms with E-state index >= 15 is 0 Å². The number of amides is 2. The van der Waals surface area contributed by atoms with Crippen LogP contribution in [0.15, 0.2) is 23.0 Å². The zero-order valence-electron chi connectivity index (χ0n) is 12.2. The van der Waals surface area contributed by atoms with Crippen LogP contribution in [0.1, 0.15) is 48.9 Å². The van der Waals surface area contributed by atoms with E-state index in [1.54, 1.807) is 6.07 Å². The molecule has 2 amide bonds. The number of rotatable bonds is 3. The zero-order valence-corrected chi connectivity index (χ0v) is 12.2. The Labute approximate surface area is 124 Å². The molecule has 1 aromatic rings. The molecule has 1 aromatic heterocycles. The minimum absolute atomic E-state index is 0.00148. The summed E-state index contributed by atoms with van der Waals surface area (Å²) in [5.74, 6) is 0.231. The van der Waals surface area contributed by atoms with Crippen LogP contribution in [-0.2, 0) is 4.79 Å². The number of carbonyl (C=O) groups is 2. The Morgan fingerprint density at radius 1 is 1.14 bits per heavy atom. The van der Waals surface area contributed by atoms with Crippen molar-refractivity contribution < 1.29 is 14.0 Å². The van der Waals surface area contributed by atoms with Crippen LogP contribution in [0.3, 0.4) is 0 Å². The van der Waals surface area contributed by atoms with Crippen molar-refractivity contribution in [2.45, 2.75) is 44.6 Å². The van der Waals surface area contributed by atoms with Crippen LogP contribution in [0.5, 0.6) is 0 Å². The molecular weight excluding hydrogens is 268 g/mol. The Bertz CT molecular complexity index is 484. The molecule has 1 aliphatic carbocycles. The molecule has 3 rings (SSSR count). The molecule has 1 saturated carbocycles. The lowest BCUT2D eigenvalue weighted by molar-refractivity contribution is -0.127. The fourth-order valence-electron chi connectivity index (χ4n) is 3.30. The summed E-state index contributed by atoms with van der Waals surface area (Å²) in [6.45, 7) is 1.29. The number of nitrogens with one attached hydrogen (secondary N) is 1. The number of carbonyl (C=O) groups excluding carboxylic acids is 2. The fourth-order valence-corrected chi connectivity index (χ4v) is 3.30. The second-order valence-corrected chi connectivity index (χ2v) is 6.07. The van der Waals surface area contributed by atoms with Gasteiger partial charge in [0.2, 0.25) is 5.91 Å². The van der Waals surface area contributed by atoms with Crippen LogP contribution in [-0.4, -0.2) is 35.8 Å². The van der Waals surface area contributed by atoms with E-state index in [1.807, 2.05) is 4.90 Å². The fraction of sp³-hybridized carbons (Fsp3) is 0.625. The number of hydrogen-bond acceptors (Lipinski definition) is 3. The highest BCUT2D eigenvalue weighted by Gasteiger charge is 2.29. The van der Waals surface area contributed by atoms with E-state index in [2.05, 4.69) is 5.32 Å². The number of likely N-dealkylation sites (tertiary alicyclic amines) is 1. The summed E-state index contributed by atoms with van der Waals surface area (Å²) in [5, 5.41) is 3.16. The number of furan rings is 1. The number of nitrogens with zero attached hydrogens (tertiary/aromatic N) is 1. The smallest absolute Gasteiger partial charge is 0.257 e. The van der Waals surface area contributed by atoms with E-state index in [1.165, 1.54) is 25.4 Å². The van der Waals surface area contributed by atoms with E-state index in [-0.39, 0.29) is 17.7 Å². The van der Waals surface area contributed by atoms with Gasteiger partial charge in [0.15, 0.2) is 0 Å². The third-order valence-electron chi connectivity index (χ3n) is 4.62. The monoisotopic (exact) mass is 290 g/mol. The van der Waals surface area contributed by atoms with E-state index in [9.17, 15) is 9.59 Å². The predicted octanol–water partition coefficient (Wildman–Crippen LogP) is 2.19. The van der Waals surface area contributed by atoms with Crippen LogP contribution in [0.4, 0.5) is 0 Å². The minimum Gasteiger partial charge on any atom is -0.472 e. The van der Waals surface area contributed by atoms with Gasteiger partial charge in [-0.05, 0) is 31.7 Å². The molecule has 1 aliphatic heterocycles. The van der Waals surface area contributed by atoms with Gasteiger partial charge >= 0.3 is 0 Å². The predicted molar refractivity (Wildman–Crippen MR) is 77.7 cm³/mol. The molecule has 0 bridgehead atoms. The van der Waals surface area contributed by atoms with Crippen LogP contribution in [0.2, 0.25) is 0 Å². The molecule has 0 radical (unpaired) electrons. The molecule has 2 aliphatic rings. The van der Waals surface area contributed by atoms with Crippen LogP contribution >= 0.6 is 0 Å². The molecule has 5 heteroatoms. The highest BCUT2D eigenvalue weighted by Crippen LogP contribution is 2.22. The van der Waals surface area contributed by atoms with Crippen molar-refractivity contribution in [1.82, 2.24) is 10.2 Å². The first kappa shape index (κ1) is 14.2. The summed E-state index contributed by atoms with van der Waals surface area (Å²) < 4.78 is 4.95. The second kappa shape index (κ2) is 6.33. The van der Waals surface area contributed by atoms with Crippen molar-refractivity contribution >= 4 is 11.8 Å². The van der Waals surface area contributed by atoms with Gasteiger partial charge in [-0.15, -0.1) is 0 Å². The lowest BCUT2D eigenvalue weighted by Crippen LogP contribution is -2.44. The molecule has 2 heterocycles. The van der Waals surface area contributed by atoms with E-state index in [0.29, 0.717) is 24.7 Å². The molecule has 0 atom stereocenters. The van der Waals surface area contributed by atoms with Crippen LogP contribution in [0.25, 0.3) is 0 Å². The molecule has 5 nitrogen and oxygen atoms in total. The SMILES string of the molecule is O=C(NC1CCCC1)C1CCN(C(=O)c2ccoc2)CC1. The highest BCUT2D eigenvalue weighted by molar-refractivity contribution is 5.94. The first-order valence-corrected chi connectivity index (χ1v) is 7.86. The first-order valence-electron chi connectivity index (χ1n) is 7.86. The summed E-state index contributed by atoms with van der Waals surface area (Å²) in [6.07, 6.45) is 9.17. The van der Waals surface area contributed by atoms with Crippen molar-refractivity contribution in [2.75, 3.05) is 13.1 Å². The van der Waals surface area contributed by atoms with Gasteiger partial charge in [0, 0.05) is 25.0 Å². The quantitative estimate of drug-likeness (QED) is 0.928. The van der Waals surface area contributed by atoms with Crippen molar-refractivity contribution in [1.29, 1.82) is 0 Å². The van der Waals surface area contributed by atoms with E-state index < -0.39 is 0 Å². The second-order valence-electron chi connectivity index (χ2n) is 6.07. The summed E-state index contributed by atoms with van der Waals surface area (Å²) in [6, 6.07) is 2.06. The largest absolute Gasteiger partial charge is 0.472 e. The van der Waals surface area contributed by atoms with E-state index in [4.69, 9.17) is 4.42 Å². The Morgan fingerprint density at radius 2 is 1.86 bits per heavy atom. The van der Waals surface area contributed by atoms with Crippen molar-refractivity contribution in [3.05, 3.63) is 24.2 Å². The molecule has 1 saturated heterocycles. The normalized spacial score (nSPS) is 20.7. The Balaban J connectivity index is 1.48. The third kappa shape index (κ3) is 3.28. The molecular formula is C16H22N2O3. The lowest BCUT2D eigenvalue weighted by Gasteiger charge is -2.31. The lowest BCUT2D eigenvalue weighted by atomic mass is 9.95. The summed E-state index contributed by atoms with van der Waals surface area (Å²) >= 11 is 0. The minimum atomic E-state index is -0.00148.